The van der Waals surface area contributed by atoms with Crippen molar-refractivity contribution < 1.29 is 5.11 Å². The van der Waals surface area contributed by atoms with Crippen molar-refractivity contribution in [1.82, 2.24) is 15.1 Å². The Hall–Kier alpha value is -1.85. The molecule has 0 aliphatic carbocycles. The summed E-state index contributed by atoms with van der Waals surface area (Å²) in [5.74, 6) is 1.06. The fourth-order valence-corrected chi connectivity index (χ4v) is 2.54. The van der Waals surface area contributed by atoms with Crippen LogP contribution in [-0.2, 0) is 6.54 Å². The van der Waals surface area contributed by atoms with Crippen LogP contribution in [0.5, 0.6) is 0 Å². The summed E-state index contributed by atoms with van der Waals surface area (Å²) in [6.45, 7) is 6.45. The maximum absolute atomic E-state index is 9.33. The predicted molar refractivity (Wildman–Crippen MR) is 86.0 cm³/mol. The van der Waals surface area contributed by atoms with E-state index >= 15 is 0 Å². The number of aryl methyl sites for hydroxylation is 1. The molecule has 0 amide bonds. The van der Waals surface area contributed by atoms with E-state index in [-0.39, 0.29) is 6.61 Å². The minimum absolute atomic E-state index is 0.131. The molecular weight excluding hydrogens is 264 g/mol. The van der Waals surface area contributed by atoms with Crippen LogP contribution in [0.2, 0.25) is 0 Å². The summed E-state index contributed by atoms with van der Waals surface area (Å²) in [5.41, 5.74) is 3.23. The Morgan fingerprint density at radius 3 is 2.57 bits per heavy atom. The van der Waals surface area contributed by atoms with Gasteiger partial charge >= 0.3 is 0 Å². The van der Waals surface area contributed by atoms with Gasteiger partial charge in [-0.15, -0.1) is 0 Å². The number of benzene rings is 1. The van der Waals surface area contributed by atoms with Crippen LogP contribution in [0.15, 0.2) is 30.3 Å². The predicted octanol–water partition coefficient (Wildman–Crippen LogP) is 1.72. The lowest BCUT2D eigenvalue weighted by Gasteiger charge is -2.24. The van der Waals surface area contributed by atoms with E-state index < -0.39 is 0 Å². The second-order valence-electron chi connectivity index (χ2n) is 4.97. The zero-order chi connectivity index (χ0) is 15.2. The van der Waals surface area contributed by atoms with Gasteiger partial charge < -0.3 is 15.3 Å². The van der Waals surface area contributed by atoms with Crippen LogP contribution in [0.25, 0.3) is 5.69 Å². The summed E-state index contributed by atoms with van der Waals surface area (Å²) in [7, 11) is 1.94. The van der Waals surface area contributed by atoms with Crippen LogP contribution >= 0.6 is 0 Å². The number of hydrogen-bond donors (Lipinski definition) is 2. The first-order valence-corrected chi connectivity index (χ1v) is 7.37. The summed E-state index contributed by atoms with van der Waals surface area (Å²) in [6, 6.07) is 10.1. The third kappa shape index (κ3) is 3.25. The van der Waals surface area contributed by atoms with Gasteiger partial charge in [-0.3, -0.25) is 0 Å². The van der Waals surface area contributed by atoms with E-state index in [0.717, 1.165) is 30.3 Å². The number of nitrogens with zero attached hydrogens (tertiary/aromatic N) is 3. The Balaban J connectivity index is 2.56. The lowest BCUT2D eigenvalue weighted by molar-refractivity contribution is 0.302. The molecule has 5 heteroatoms. The molecule has 0 spiro atoms. The van der Waals surface area contributed by atoms with Gasteiger partial charge in [-0.25, -0.2) is 4.68 Å². The molecule has 2 aromatic rings. The molecule has 21 heavy (non-hydrogen) atoms. The van der Waals surface area contributed by atoms with Crippen molar-refractivity contribution in [3.8, 4) is 5.69 Å². The van der Waals surface area contributed by atoms with Crippen molar-refractivity contribution in [1.29, 1.82) is 0 Å². The molecule has 0 unspecified atom stereocenters. The number of anilines is 1. The highest BCUT2D eigenvalue weighted by molar-refractivity contribution is 5.55. The SMILES string of the molecule is CCN(CCO)c1c(CNC)c(C)nn1-c1ccccc1. The number of aliphatic hydroxyl groups excluding tert-OH is 1. The van der Waals surface area contributed by atoms with Gasteiger partial charge in [0.2, 0.25) is 0 Å². The topological polar surface area (TPSA) is 53.3 Å². The zero-order valence-corrected chi connectivity index (χ0v) is 13.0. The zero-order valence-electron chi connectivity index (χ0n) is 13.0. The molecule has 0 saturated carbocycles. The number of nitrogens with one attached hydrogen (secondary N) is 1. The maximum Gasteiger partial charge on any atom is 0.137 e. The smallest absolute Gasteiger partial charge is 0.137 e. The van der Waals surface area contributed by atoms with E-state index in [2.05, 4.69) is 17.1 Å². The Morgan fingerprint density at radius 2 is 2.00 bits per heavy atom. The van der Waals surface area contributed by atoms with Crippen molar-refractivity contribution in [2.24, 2.45) is 0 Å². The molecule has 1 aromatic carbocycles. The van der Waals surface area contributed by atoms with E-state index in [0.29, 0.717) is 6.54 Å². The molecule has 0 fully saturated rings. The third-order valence-electron chi connectivity index (χ3n) is 3.56. The fraction of sp³-hybridized carbons (Fsp3) is 0.438. The van der Waals surface area contributed by atoms with Crippen LogP contribution in [0.3, 0.4) is 0 Å². The molecule has 1 heterocycles. The molecule has 0 atom stereocenters. The van der Waals surface area contributed by atoms with Gasteiger partial charge in [-0.05, 0) is 33.0 Å². The van der Waals surface area contributed by atoms with Crippen LogP contribution in [0.1, 0.15) is 18.2 Å². The molecule has 114 valence electrons. The Bertz CT molecular complexity index is 565. The Labute approximate surface area is 126 Å². The van der Waals surface area contributed by atoms with E-state index in [1.165, 1.54) is 5.56 Å². The summed E-state index contributed by atoms with van der Waals surface area (Å²) in [5, 5.41) is 17.2. The highest BCUT2D eigenvalue weighted by Crippen LogP contribution is 2.27. The van der Waals surface area contributed by atoms with Gasteiger partial charge in [0, 0.05) is 25.2 Å². The molecule has 2 rings (SSSR count). The van der Waals surface area contributed by atoms with Gasteiger partial charge in [0.05, 0.1) is 18.0 Å². The van der Waals surface area contributed by atoms with E-state index in [4.69, 9.17) is 5.10 Å². The Kier molecular flexibility index (Phi) is 5.36. The summed E-state index contributed by atoms with van der Waals surface area (Å²) in [6.07, 6.45) is 0. The lowest BCUT2D eigenvalue weighted by Crippen LogP contribution is -2.29. The maximum atomic E-state index is 9.33. The molecule has 0 bridgehead atoms. The highest BCUT2D eigenvalue weighted by Gasteiger charge is 2.20. The van der Waals surface area contributed by atoms with Crippen LogP contribution < -0.4 is 10.2 Å². The minimum Gasteiger partial charge on any atom is -0.395 e. The Morgan fingerprint density at radius 1 is 1.29 bits per heavy atom. The standard InChI is InChI=1S/C16H24N4O/c1-4-19(10-11-21)16-15(12-17-3)13(2)18-20(16)14-8-6-5-7-9-14/h5-9,17,21H,4,10-12H2,1-3H3. The van der Waals surface area contributed by atoms with Crippen LogP contribution in [0.4, 0.5) is 5.82 Å². The lowest BCUT2D eigenvalue weighted by atomic mass is 10.2. The minimum atomic E-state index is 0.131. The van der Waals surface area contributed by atoms with E-state index in [1.54, 1.807) is 0 Å². The number of aliphatic hydroxyl groups is 1. The molecule has 2 N–H and O–H groups in total. The molecule has 1 aromatic heterocycles. The van der Waals surface area contributed by atoms with Crippen molar-refractivity contribution in [2.45, 2.75) is 20.4 Å². The van der Waals surface area contributed by atoms with Gasteiger partial charge in [0.1, 0.15) is 5.82 Å². The second-order valence-corrected chi connectivity index (χ2v) is 4.97. The molecular formula is C16H24N4O. The van der Waals surface area contributed by atoms with E-state index in [9.17, 15) is 5.11 Å². The number of likely N-dealkylation sites (N-methyl/N-ethyl adjacent to an activating group) is 1. The first-order chi connectivity index (χ1) is 10.2. The largest absolute Gasteiger partial charge is 0.395 e. The number of hydrogen-bond acceptors (Lipinski definition) is 4. The van der Waals surface area contributed by atoms with E-state index in [1.807, 2.05) is 49.0 Å². The average Bonchev–Trinajstić information content (AvgIpc) is 2.83. The normalized spacial score (nSPS) is 10.9. The molecule has 0 radical (unpaired) electrons. The summed E-state index contributed by atoms with van der Waals surface area (Å²) >= 11 is 0. The number of aromatic nitrogens is 2. The van der Waals surface area contributed by atoms with Gasteiger partial charge in [0.25, 0.3) is 0 Å². The average molecular weight is 288 g/mol. The number of para-hydroxylation sites is 1. The third-order valence-corrected chi connectivity index (χ3v) is 3.56. The van der Waals surface area contributed by atoms with Crippen molar-refractivity contribution in [3.05, 3.63) is 41.6 Å². The van der Waals surface area contributed by atoms with Crippen LogP contribution in [0, 0.1) is 6.92 Å². The first kappa shape index (κ1) is 15.5. The molecule has 0 aliphatic rings. The van der Waals surface area contributed by atoms with Crippen molar-refractivity contribution in [2.75, 3.05) is 31.6 Å². The van der Waals surface area contributed by atoms with Gasteiger partial charge in [0.15, 0.2) is 0 Å². The number of rotatable bonds is 7. The van der Waals surface area contributed by atoms with Crippen molar-refractivity contribution >= 4 is 5.82 Å². The second kappa shape index (κ2) is 7.24. The summed E-state index contributed by atoms with van der Waals surface area (Å²) in [4.78, 5) is 2.17. The quantitative estimate of drug-likeness (QED) is 0.814. The fourth-order valence-electron chi connectivity index (χ4n) is 2.54. The van der Waals surface area contributed by atoms with Crippen LogP contribution in [-0.4, -0.2) is 41.6 Å². The molecule has 0 saturated heterocycles. The highest BCUT2D eigenvalue weighted by atomic mass is 16.3. The van der Waals surface area contributed by atoms with Gasteiger partial charge in [-0.1, -0.05) is 18.2 Å². The van der Waals surface area contributed by atoms with Crippen molar-refractivity contribution in [3.63, 3.8) is 0 Å². The molecule has 0 aliphatic heterocycles. The molecule has 5 nitrogen and oxygen atoms in total. The first-order valence-electron chi connectivity index (χ1n) is 7.37. The monoisotopic (exact) mass is 288 g/mol. The van der Waals surface area contributed by atoms with Gasteiger partial charge in [-0.2, -0.15) is 5.10 Å². The summed E-state index contributed by atoms with van der Waals surface area (Å²) < 4.78 is 1.97.